The Hall–Kier alpha value is -2.17. The van der Waals surface area contributed by atoms with Crippen LogP contribution in [0.5, 0.6) is 0 Å². The van der Waals surface area contributed by atoms with Crippen LogP contribution in [0.15, 0.2) is 23.1 Å². The number of benzene rings is 1. The maximum Gasteiger partial charge on any atom is 0.426 e. The van der Waals surface area contributed by atoms with Crippen LogP contribution < -0.4 is 10.9 Å². The van der Waals surface area contributed by atoms with E-state index in [1.807, 2.05) is 6.92 Å². The number of hydrazine groups is 1. The SMILES string of the molecule is CCOC(=O)NNC(=O)c1ccc(CC)c(S(=O)(=O)N2CCOCC2)c1. The van der Waals surface area contributed by atoms with Gasteiger partial charge in [-0.3, -0.25) is 10.2 Å². The van der Waals surface area contributed by atoms with E-state index in [0.717, 1.165) is 0 Å². The van der Waals surface area contributed by atoms with E-state index in [1.54, 1.807) is 13.0 Å². The van der Waals surface area contributed by atoms with Crippen LogP contribution in [-0.2, 0) is 25.9 Å². The lowest BCUT2D eigenvalue weighted by molar-refractivity contribution is 0.0730. The molecule has 26 heavy (non-hydrogen) atoms. The molecular weight excluding hydrogens is 362 g/mol. The number of carbonyl (C=O) groups excluding carboxylic acids is 2. The lowest BCUT2D eigenvalue weighted by Gasteiger charge is -2.27. The van der Waals surface area contributed by atoms with Crippen molar-refractivity contribution in [3.8, 4) is 0 Å². The summed E-state index contributed by atoms with van der Waals surface area (Å²) in [5, 5.41) is 0. The van der Waals surface area contributed by atoms with E-state index < -0.39 is 22.0 Å². The molecule has 10 heteroatoms. The summed E-state index contributed by atoms with van der Waals surface area (Å²) in [5.74, 6) is -0.640. The van der Waals surface area contributed by atoms with Gasteiger partial charge in [0, 0.05) is 18.7 Å². The Labute approximate surface area is 152 Å². The summed E-state index contributed by atoms with van der Waals surface area (Å²) in [4.78, 5) is 23.5. The summed E-state index contributed by atoms with van der Waals surface area (Å²) in [6, 6.07) is 4.44. The van der Waals surface area contributed by atoms with Crippen molar-refractivity contribution in [1.29, 1.82) is 0 Å². The minimum Gasteiger partial charge on any atom is -0.449 e. The van der Waals surface area contributed by atoms with Gasteiger partial charge in [-0.05, 0) is 31.0 Å². The Balaban J connectivity index is 2.24. The molecule has 2 amide bonds. The fourth-order valence-electron chi connectivity index (χ4n) is 2.50. The van der Waals surface area contributed by atoms with E-state index in [0.29, 0.717) is 25.2 Å². The van der Waals surface area contributed by atoms with Crippen LogP contribution in [-0.4, -0.2) is 57.6 Å². The van der Waals surface area contributed by atoms with Crippen molar-refractivity contribution in [2.45, 2.75) is 25.2 Å². The molecule has 0 spiro atoms. The molecule has 0 aliphatic carbocycles. The number of morpholine rings is 1. The Kier molecular flexibility index (Phi) is 6.95. The third kappa shape index (κ3) is 4.71. The average Bonchev–Trinajstić information content (AvgIpc) is 2.66. The fourth-order valence-corrected chi connectivity index (χ4v) is 4.23. The van der Waals surface area contributed by atoms with Crippen LogP contribution in [0.2, 0.25) is 0 Å². The summed E-state index contributed by atoms with van der Waals surface area (Å²) in [5.41, 5.74) is 5.02. The lowest BCUT2D eigenvalue weighted by atomic mass is 10.1. The molecule has 144 valence electrons. The molecule has 1 aliphatic heterocycles. The van der Waals surface area contributed by atoms with Gasteiger partial charge >= 0.3 is 6.09 Å². The lowest BCUT2D eigenvalue weighted by Crippen LogP contribution is -2.42. The standard InChI is InChI=1S/C16H23N3O6S/c1-3-12-5-6-13(15(20)17-18-16(21)25-4-2)11-14(12)26(22,23)19-7-9-24-10-8-19/h5-6,11H,3-4,7-10H2,1-2H3,(H,17,20)(H,18,21). The molecule has 2 N–H and O–H groups in total. The van der Waals surface area contributed by atoms with Crippen LogP contribution in [0.4, 0.5) is 4.79 Å². The van der Waals surface area contributed by atoms with Gasteiger partial charge in [-0.2, -0.15) is 4.31 Å². The molecule has 0 atom stereocenters. The highest BCUT2D eigenvalue weighted by Crippen LogP contribution is 2.23. The van der Waals surface area contributed by atoms with Gasteiger partial charge in [-0.1, -0.05) is 13.0 Å². The molecule has 9 nitrogen and oxygen atoms in total. The third-order valence-corrected chi connectivity index (χ3v) is 5.83. The van der Waals surface area contributed by atoms with Crippen molar-refractivity contribution in [2.75, 3.05) is 32.9 Å². The predicted octanol–water partition coefficient (Wildman–Crippen LogP) is 0.661. The Morgan fingerprint density at radius 2 is 1.88 bits per heavy atom. The zero-order valence-electron chi connectivity index (χ0n) is 14.8. The van der Waals surface area contributed by atoms with Crippen molar-refractivity contribution >= 4 is 22.0 Å². The van der Waals surface area contributed by atoms with Crippen molar-refractivity contribution < 1.29 is 27.5 Å². The molecule has 0 aromatic heterocycles. The summed E-state index contributed by atoms with van der Waals surface area (Å²) in [7, 11) is -3.74. The van der Waals surface area contributed by atoms with Crippen molar-refractivity contribution in [1.82, 2.24) is 15.2 Å². The number of ether oxygens (including phenoxy) is 2. The van der Waals surface area contributed by atoms with Crippen LogP contribution in [0.25, 0.3) is 0 Å². The van der Waals surface area contributed by atoms with Gasteiger partial charge in [0.1, 0.15) is 0 Å². The van der Waals surface area contributed by atoms with Crippen LogP contribution in [0.3, 0.4) is 0 Å². The summed E-state index contributed by atoms with van der Waals surface area (Å²) < 4.78 is 37.1. The van der Waals surface area contributed by atoms with E-state index in [2.05, 4.69) is 15.6 Å². The van der Waals surface area contributed by atoms with Gasteiger partial charge in [-0.15, -0.1) is 0 Å². The van der Waals surface area contributed by atoms with Gasteiger partial charge < -0.3 is 9.47 Å². The van der Waals surface area contributed by atoms with Crippen LogP contribution >= 0.6 is 0 Å². The molecule has 0 radical (unpaired) electrons. The Bertz CT molecular complexity index is 759. The van der Waals surface area contributed by atoms with Crippen molar-refractivity contribution in [3.63, 3.8) is 0 Å². The number of hydrogen-bond acceptors (Lipinski definition) is 6. The normalized spacial score (nSPS) is 15.3. The monoisotopic (exact) mass is 385 g/mol. The smallest absolute Gasteiger partial charge is 0.426 e. The van der Waals surface area contributed by atoms with Gasteiger partial charge in [0.2, 0.25) is 10.0 Å². The average molecular weight is 385 g/mol. The molecule has 0 saturated carbocycles. The molecule has 1 aromatic rings. The first-order valence-corrected chi connectivity index (χ1v) is 9.78. The van der Waals surface area contributed by atoms with Crippen molar-refractivity contribution in [2.24, 2.45) is 0 Å². The predicted molar refractivity (Wildman–Crippen MR) is 93.0 cm³/mol. The number of rotatable bonds is 5. The van der Waals surface area contributed by atoms with Crippen LogP contribution in [0.1, 0.15) is 29.8 Å². The highest BCUT2D eigenvalue weighted by atomic mass is 32.2. The van der Waals surface area contributed by atoms with E-state index in [9.17, 15) is 18.0 Å². The van der Waals surface area contributed by atoms with Gasteiger partial charge in [0.15, 0.2) is 0 Å². The Morgan fingerprint density at radius 1 is 1.19 bits per heavy atom. The molecule has 0 unspecified atom stereocenters. The molecule has 1 saturated heterocycles. The number of hydrogen-bond donors (Lipinski definition) is 2. The molecule has 1 fully saturated rings. The molecule has 1 heterocycles. The molecule has 0 bridgehead atoms. The highest BCUT2D eigenvalue weighted by Gasteiger charge is 2.29. The maximum atomic E-state index is 12.9. The first-order chi connectivity index (χ1) is 12.4. The van der Waals surface area contributed by atoms with Gasteiger partial charge in [0.05, 0.1) is 24.7 Å². The summed E-state index contributed by atoms with van der Waals surface area (Å²) in [6.07, 6.45) is -0.297. The van der Waals surface area contributed by atoms with E-state index in [-0.39, 0.29) is 30.2 Å². The third-order valence-electron chi connectivity index (χ3n) is 3.85. The van der Waals surface area contributed by atoms with E-state index in [1.165, 1.54) is 16.4 Å². The molecule has 1 aromatic carbocycles. The quantitative estimate of drug-likeness (QED) is 0.720. The minimum atomic E-state index is -3.74. The fraction of sp³-hybridized carbons (Fsp3) is 0.500. The van der Waals surface area contributed by atoms with Crippen molar-refractivity contribution in [3.05, 3.63) is 29.3 Å². The first-order valence-electron chi connectivity index (χ1n) is 8.34. The largest absolute Gasteiger partial charge is 0.449 e. The number of carbonyl (C=O) groups is 2. The number of aryl methyl sites for hydroxylation is 1. The highest BCUT2D eigenvalue weighted by molar-refractivity contribution is 7.89. The summed E-state index contributed by atoms with van der Waals surface area (Å²) in [6.45, 7) is 4.85. The number of nitrogens with zero attached hydrogens (tertiary/aromatic N) is 1. The molecule has 2 rings (SSSR count). The molecular formula is C16H23N3O6S. The first kappa shape index (κ1) is 20.1. The maximum absolute atomic E-state index is 12.9. The Morgan fingerprint density at radius 3 is 2.50 bits per heavy atom. The topological polar surface area (TPSA) is 114 Å². The second kappa shape index (κ2) is 8.97. The van der Waals surface area contributed by atoms with E-state index >= 15 is 0 Å². The van der Waals surface area contributed by atoms with E-state index in [4.69, 9.17) is 4.74 Å². The van der Waals surface area contributed by atoms with Gasteiger partial charge in [-0.25, -0.2) is 18.6 Å². The minimum absolute atomic E-state index is 0.0886. The second-order valence-electron chi connectivity index (χ2n) is 5.49. The summed E-state index contributed by atoms with van der Waals surface area (Å²) >= 11 is 0. The number of nitrogens with one attached hydrogen (secondary N) is 2. The number of sulfonamides is 1. The van der Waals surface area contributed by atoms with Gasteiger partial charge in [0.25, 0.3) is 5.91 Å². The van der Waals surface area contributed by atoms with Crippen LogP contribution in [0, 0.1) is 0 Å². The zero-order valence-corrected chi connectivity index (χ0v) is 15.6. The molecule has 1 aliphatic rings. The second-order valence-corrected chi connectivity index (χ2v) is 7.40. The number of amides is 2. The zero-order chi connectivity index (χ0) is 19.2.